The molecule has 0 aliphatic heterocycles. The number of ether oxygens (including phenoxy) is 3. The van der Waals surface area contributed by atoms with Gasteiger partial charge in [-0.05, 0) is 0 Å². The summed E-state index contributed by atoms with van der Waals surface area (Å²) in [7, 11) is 2.29. The SMILES string of the molecule is COC(=O)c1ncc(OC)c(CBr)c1OC(F)(F)F. The molecule has 19 heavy (non-hydrogen) atoms. The maximum atomic E-state index is 12.4. The Bertz CT molecular complexity index is 479. The number of esters is 1. The van der Waals surface area contributed by atoms with Gasteiger partial charge in [0.15, 0.2) is 11.4 Å². The summed E-state index contributed by atoms with van der Waals surface area (Å²) in [6.45, 7) is 0. The summed E-state index contributed by atoms with van der Waals surface area (Å²) in [5.74, 6) is -1.72. The van der Waals surface area contributed by atoms with E-state index in [-0.39, 0.29) is 16.6 Å². The third kappa shape index (κ3) is 3.72. The Morgan fingerprint density at radius 2 is 2.05 bits per heavy atom. The molecule has 106 valence electrons. The number of halogens is 4. The van der Waals surface area contributed by atoms with Crippen LogP contribution in [-0.2, 0) is 10.1 Å². The lowest BCUT2D eigenvalue weighted by molar-refractivity contribution is -0.275. The second-order valence-electron chi connectivity index (χ2n) is 3.16. The maximum absolute atomic E-state index is 12.4. The van der Waals surface area contributed by atoms with Crippen LogP contribution in [0.3, 0.4) is 0 Å². The number of methoxy groups -OCH3 is 2. The van der Waals surface area contributed by atoms with Gasteiger partial charge in [0.05, 0.1) is 26.0 Å². The Kier molecular flexibility index (Phi) is 4.98. The Morgan fingerprint density at radius 1 is 1.42 bits per heavy atom. The molecule has 0 radical (unpaired) electrons. The predicted molar refractivity (Wildman–Crippen MR) is 61.4 cm³/mol. The van der Waals surface area contributed by atoms with E-state index < -0.39 is 23.8 Å². The highest BCUT2D eigenvalue weighted by molar-refractivity contribution is 9.08. The van der Waals surface area contributed by atoms with Crippen molar-refractivity contribution in [2.24, 2.45) is 0 Å². The molecule has 0 saturated carbocycles. The third-order valence-electron chi connectivity index (χ3n) is 2.05. The Morgan fingerprint density at radius 3 is 2.47 bits per heavy atom. The lowest BCUT2D eigenvalue weighted by atomic mass is 10.2. The molecule has 0 spiro atoms. The molecular formula is C10H9BrF3NO4. The average molecular weight is 344 g/mol. The number of nitrogens with zero attached hydrogens (tertiary/aromatic N) is 1. The van der Waals surface area contributed by atoms with Crippen molar-refractivity contribution in [3.63, 3.8) is 0 Å². The molecule has 0 aromatic carbocycles. The van der Waals surface area contributed by atoms with E-state index in [4.69, 9.17) is 4.74 Å². The molecule has 1 heterocycles. The first-order valence-corrected chi connectivity index (χ1v) is 5.92. The minimum Gasteiger partial charge on any atom is -0.495 e. The number of rotatable bonds is 4. The summed E-state index contributed by atoms with van der Waals surface area (Å²) >= 11 is 3.01. The van der Waals surface area contributed by atoms with Gasteiger partial charge in [-0.1, -0.05) is 15.9 Å². The fourth-order valence-corrected chi connectivity index (χ4v) is 1.82. The monoisotopic (exact) mass is 343 g/mol. The van der Waals surface area contributed by atoms with Crippen LogP contribution >= 0.6 is 15.9 Å². The summed E-state index contributed by atoms with van der Waals surface area (Å²) in [6.07, 6.45) is -3.85. The highest BCUT2D eigenvalue weighted by atomic mass is 79.9. The van der Waals surface area contributed by atoms with Crippen molar-refractivity contribution < 1.29 is 32.2 Å². The highest BCUT2D eigenvalue weighted by Gasteiger charge is 2.36. The van der Waals surface area contributed by atoms with Crippen molar-refractivity contribution >= 4 is 21.9 Å². The zero-order chi connectivity index (χ0) is 14.6. The first-order valence-electron chi connectivity index (χ1n) is 4.80. The van der Waals surface area contributed by atoms with E-state index in [9.17, 15) is 18.0 Å². The third-order valence-corrected chi connectivity index (χ3v) is 2.61. The van der Waals surface area contributed by atoms with Crippen molar-refractivity contribution in [2.45, 2.75) is 11.7 Å². The molecule has 0 aliphatic rings. The molecule has 1 aromatic heterocycles. The quantitative estimate of drug-likeness (QED) is 0.621. The largest absolute Gasteiger partial charge is 0.573 e. The summed E-state index contributed by atoms with van der Waals surface area (Å²) in [6, 6.07) is 0. The van der Waals surface area contributed by atoms with Gasteiger partial charge < -0.3 is 14.2 Å². The standard InChI is InChI=1S/C10H9BrF3NO4/c1-17-6-4-15-7(9(16)18-2)8(5(6)3-11)19-10(12,13)14/h4H,3H2,1-2H3. The molecule has 1 rings (SSSR count). The highest BCUT2D eigenvalue weighted by Crippen LogP contribution is 2.36. The fourth-order valence-electron chi connectivity index (χ4n) is 1.28. The zero-order valence-electron chi connectivity index (χ0n) is 9.88. The average Bonchev–Trinajstić information content (AvgIpc) is 2.35. The van der Waals surface area contributed by atoms with Gasteiger partial charge in [-0.25, -0.2) is 9.78 Å². The topological polar surface area (TPSA) is 57.7 Å². The van der Waals surface area contributed by atoms with E-state index in [2.05, 4.69) is 30.4 Å². The molecule has 0 saturated heterocycles. The normalized spacial score (nSPS) is 11.1. The van der Waals surface area contributed by atoms with Crippen LogP contribution in [0.1, 0.15) is 16.1 Å². The Balaban J connectivity index is 3.44. The van der Waals surface area contributed by atoms with Crippen LogP contribution in [0.2, 0.25) is 0 Å². The maximum Gasteiger partial charge on any atom is 0.573 e. The van der Waals surface area contributed by atoms with E-state index in [1.165, 1.54) is 7.11 Å². The first-order chi connectivity index (χ1) is 8.84. The molecule has 0 fully saturated rings. The number of carbonyl (C=O) groups is 1. The summed E-state index contributed by atoms with van der Waals surface area (Å²) in [4.78, 5) is 15.0. The van der Waals surface area contributed by atoms with E-state index in [1.807, 2.05) is 0 Å². The van der Waals surface area contributed by atoms with Crippen LogP contribution in [-0.4, -0.2) is 31.5 Å². The lowest BCUT2D eigenvalue weighted by Gasteiger charge is -2.16. The minimum absolute atomic E-state index is 0.00947. The molecule has 1 aromatic rings. The van der Waals surface area contributed by atoms with Gasteiger partial charge in [-0.2, -0.15) is 0 Å². The molecule has 0 bridgehead atoms. The van der Waals surface area contributed by atoms with Gasteiger partial charge in [0.1, 0.15) is 5.75 Å². The van der Waals surface area contributed by atoms with Crippen LogP contribution in [0.4, 0.5) is 13.2 Å². The van der Waals surface area contributed by atoms with E-state index >= 15 is 0 Å². The number of aromatic nitrogens is 1. The molecule has 0 amide bonds. The van der Waals surface area contributed by atoms with Crippen LogP contribution in [0, 0.1) is 0 Å². The smallest absolute Gasteiger partial charge is 0.495 e. The van der Waals surface area contributed by atoms with Crippen LogP contribution < -0.4 is 9.47 Å². The van der Waals surface area contributed by atoms with Gasteiger partial charge in [0.2, 0.25) is 0 Å². The second kappa shape index (κ2) is 6.09. The van der Waals surface area contributed by atoms with Crippen LogP contribution in [0.25, 0.3) is 0 Å². The predicted octanol–water partition coefficient (Wildman–Crippen LogP) is 2.67. The lowest BCUT2D eigenvalue weighted by Crippen LogP contribution is -2.21. The van der Waals surface area contributed by atoms with E-state index in [1.54, 1.807) is 0 Å². The van der Waals surface area contributed by atoms with Gasteiger partial charge in [-0.3, -0.25) is 0 Å². The van der Waals surface area contributed by atoms with Gasteiger partial charge >= 0.3 is 12.3 Å². The number of carbonyl (C=O) groups excluding carboxylic acids is 1. The Hall–Kier alpha value is -1.51. The van der Waals surface area contributed by atoms with Gasteiger partial charge in [-0.15, -0.1) is 13.2 Å². The number of alkyl halides is 4. The van der Waals surface area contributed by atoms with Crippen molar-refractivity contribution in [1.29, 1.82) is 0 Å². The van der Waals surface area contributed by atoms with Crippen molar-refractivity contribution in [1.82, 2.24) is 4.98 Å². The fraction of sp³-hybridized carbons (Fsp3) is 0.400. The summed E-state index contributed by atoms with van der Waals surface area (Å²) in [5.41, 5.74) is -0.565. The van der Waals surface area contributed by atoms with E-state index in [0.717, 1.165) is 13.3 Å². The van der Waals surface area contributed by atoms with Crippen LogP contribution in [0.15, 0.2) is 6.20 Å². The van der Waals surface area contributed by atoms with Gasteiger partial charge in [0, 0.05) is 5.33 Å². The van der Waals surface area contributed by atoms with Crippen LogP contribution in [0.5, 0.6) is 11.5 Å². The molecule has 0 N–H and O–H groups in total. The van der Waals surface area contributed by atoms with Crippen molar-refractivity contribution in [3.05, 3.63) is 17.5 Å². The van der Waals surface area contributed by atoms with Crippen molar-refractivity contribution in [2.75, 3.05) is 14.2 Å². The summed E-state index contributed by atoms with van der Waals surface area (Å²) in [5, 5.41) is -0.0197. The first kappa shape index (κ1) is 15.5. The summed E-state index contributed by atoms with van der Waals surface area (Å²) < 4.78 is 50.2. The minimum atomic E-state index is -4.96. The molecule has 0 unspecified atom stereocenters. The molecule has 0 atom stereocenters. The number of hydrogen-bond donors (Lipinski definition) is 0. The zero-order valence-corrected chi connectivity index (χ0v) is 11.5. The molecule has 0 aliphatic carbocycles. The molecule has 5 nitrogen and oxygen atoms in total. The van der Waals surface area contributed by atoms with Crippen molar-refractivity contribution in [3.8, 4) is 11.5 Å². The number of pyridine rings is 1. The second-order valence-corrected chi connectivity index (χ2v) is 3.72. The molecular weight excluding hydrogens is 335 g/mol. The molecule has 9 heteroatoms. The van der Waals surface area contributed by atoms with Gasteiger partial charge in [0.25, 0.3) is 0 Å². The Labute approximate surface area is 114 Å². The number of hydrogen-bond acceptors (Lipinski definition) is 5. The van der Waals surface area contributed by atoms with E-state index in [0.29, 0.717) is 0 Å².